The van der Waals surface area contributed by atoms with Gasteiger partial charge in [0.1, 0.15) is 5.82 Å². The molecule has 1 amide bonds. The first-order valence-corrected chi connectivity index (χ1v) is 8.68. The van der Waals surface area contributed by atoms with Gasteiger partial charge in [0.05, 0.1) is 22.3 Å². The van der Waals surface area contributed by atoms with E-state index < -0.39 is 5.82 Å². The van der Waals surface area contributed by atoms with Gasteiger partial charge in [0.15, 0.2) is 0 Å². The number of amides is 1. The van der Waals surface area contributed by atoms with E-state index in [2.05, 4.69) is 15.5 Å². The molecule has 1 fully saturated rings. The van der Waals surface area contributed by atoms with Gasteiger partial charge in [-0.2, -0.15) is 5.10 Å². The summed E-state index contributed by atoms with van der Waals surface area (Å²) in [6.45, 7) is 0. The van der Waals surface area contributed by atoms with Crippen LogP contribution in [0.1, 0.15) is 40.4 Å². The van der Waals surface area contributed by atoms with E-state index >= 15 is 0 Å². The molecule has 130 valence electrons. The van der Waals surface area contributed by atoms with Crippen LogP contribution in [0.15, 0.2) is 53.6 Å². The van der Waals surface area contributed by atoms with Crippen molar-refractivity contribution in [2.75, 3.05) is 0 Å². The van der Waals surface area contributed by atoms with Gasteiger partial charge in [0, 0.05) is 22.6 Å². The summed E-state index contributed by atoms with van der Waals surface area (Å²) in [6.07, 6.45) is 3.40. The second-order valence-electron chi connectivity index (χ2n) is 6.22. The summed E-state index contributed by atoms with van der Waals surface area (Å²) >= 11 is 5.95. The number of carbonyl (C=O) groups is 1. The van der Waals surface area contributed by atoms with Gasteiger partial charge in [-0.15, -0.1) is 0 Å². The number of aromatic nitrogens is 1. The summed E-state index contributed by atoms with van der Waals surface area (Å²) in [7, 11) is 0. The molecule has 26 heavy (non-hydrogen) atoms. The molecule has 4 nitrogen and oxygen atoms in total. The van der Waals surface area contributed by atoms with Crippen molar-refractivity contribution in [3.05, 3.63) is 76.2 Å². The lowest BCUT2D eigenvalue weighted by Crippen LogP contribution is -2.18. The van der Waals surface area contributed by atoms with E-state index in [-0.39, 0.29) is 16.5 Å². The van der Waals surface area contributed by atoms with E-state index in [0.29, 0.717) is 11.5 Å². The average Bonchev–Trinajstić information content (AvgIpc) is 3.48. The molecule has 0 aliphatic heterocycles. The van der Waals surface area contributed by atoms with Crippen LogP contribution in [0.2, 0.25) is 5.02 Å². The largest absolute Gasteiger partial charge is 0.272 e. The van der Waals surface area contributed by atoms with Crippen LogP contribution in [-0.4, -0.2) is 17.1 Å². The Hall–Kier alpha value is -2.79. The molecule has 0 saturated heterocycles. The number of fused-ring (bicyclic) bond motifs is 1. The number of halogens is 2. The molecule has 1 saturated carbocycles. The van der Waals surface area contributed by atoms with E-state index in [1.165, 1.54) is 18.3 Å². The number of hydrazone groups is 1. The molecule has 4 rings (SSSR count). The lowest BCUT2D eigenvalue weighted by molar-refractivity contribution is 0.0956. The van der Waals surface area contributed by atoms with Crippen molar-refractivity contribution in [1.82, 2.24) is 10.4 Å². The van der Waals surface area contributed by atoms with E-state index in [1.807, 2.05) is 30.3 Å². The smallest absolute Gasteiger partial charge is 0.267 e. The van der Waals surface area contributed by atoms with Crippen LogP contribution in [0.3, 0.4) is 0 Å². The molecule has 1 aromatic heterocycles. The minimum atomic E-state index is -0.499. The van der Waals surface area contributed by atoms with E-state index in [0.717, 1.165) is 29.4 Å². The van der Waals surface area contributed by atoms with Gasteiger partial charge in [-0.3, -0.25) is 9.78 Å². The summed E-state index contributed by atoms with van der Waals surface area (Å²) in [4.78, 5) is 17.3. The monoisotopic (exact) mass is 367 g/mol. The number of hydrogen-bond donors (Lipinski definition) is 1. The fraction of sp³-hybridized carbons (Fsp3) is 0.150. The van der Waals surface area contributed by atoms with Gasteiger partial charge in [-0.05, 0) is 37.1 Å². The summed E-state index contributed by atoms with van der Waals surface area (Å²) in [6, 6.07) is 13.7. The quantitative estimate of drug-likeness (QED) is 0.538. The van der Waals surface area contributed by atoms with Gasteiger partial charge in [-0.1, -0.05) is 35.9 Å². The highest BCUT2D eigenvalue weighted by atomic mass is 35.5. The second-order valence-corrected chi connectivity index (χ2v) is 6.63. The molecule has 0 bridgehead atoms. The summed E-state index contributed by atoms with van der Waals surface area (Å²) < 4.78 is 13.8. The molecule has 1 N–H and O–H groups in total. The highest BCUT2D eigenvalue weighted by molar-refractivity contribution is 6.33. The molecular formula is C20H15ClFN3O. The molecule has 0 atom stereocenters. The minimum absolute atomic E-state index is 0.132. The summed E-state index contributed by atoms with van der Waals surface area (Å²) in [5.74, 6) is -0.443. The molecule has 1 heterocycles. The van der Waals surface area contributed by atoms with Gasteiger partial charge in [-0.25, -0.2) is 9.82 Å². The van der Waals surface area contributed by atoms with Gasteiger partial charge in [0.25, 0.3) is 5.91 Å². The first kappa shape index (κ1) is 16.7. The molecule has 6 heteroatoms. The molecule has 1 aliphatic rings. The molecule has 0 radical (unpaired) electrons. The van der Waals surface area contributed by atoms with Crippen LogP contribution in [0.4, 0.5) is 4.39 Å². The number of nitrogens with zero attached hydrogens (tertiary/aromatic N) is 2. The van der Waals surface area contributed by atoms with E-state index in [4.69, 9.17) is 11.6 Å². The number of hydrogen-bond acceptors (Lipinski definition) is 3. The molecule has 1 aliphatic carbocycles. The standard InChI is InChI=1S/C20H15ClFN3O/c21-16-5-3-6-17(22)15(16)11-23-25-20(26)14-10-19(12-8-9-12)24-18-7-2-1-4-13(14)18/h1-7,10-12H,8-9H2,(H,25,26). The Morgan fingerprint density at radius 2 is 2.04 bits per heavy atom. The first-order valence-electron chi connectivity index (χ1n) is 8.30. The molecule has 0 spiro atoms. The number of nitrogens with one attached hydrogen (secondary N) is 1. The van der Waals surface area contributed by atoms with Crippen molar-refractivity contribution in [3.63, 3.8) is 0 Å². The molecule has 2 aromatic carbocycles. The second kappa shape index (κ2) is 6.84. The van der Waals surface area contributed by atoms with E-state index in [9.17, 15) is 9.18 Å². The third kappa shape index (κ3) is 3.30. The van der Waals surface area contributed by atoms with Gasteiger partial charge < -0.3 is 0 Å². The Bertz CT molecular complexity index is 1010. The predicted molar refractivity (Wildman–Crippen MR) is 100 cm³/mol. The Morgan fingerprint density at radius 1 is 1.23 bits per heavy atom. The highest BCUT2D eigenvalue weighted by Gasteiger charge is 2.26. The van der Waals surface area contributed by atoms with Gasteiger partial charge >= 0.3 is 0 Å². The van der Waals surface area contributed by atoms with Crippen LogP contribution < -0.4 is 5.43 Å². The van der Waals surface area contributed by atoms with Crippen molar-refractivity contribution >= 4 is 34.6 Å². The fourth-order valence-electron chi connectivity index (χ4n) is 2.82. The van der Waals surface area contributed by atoms with E-state index in [1.54, 1.807) is 6.07 Å². The minimum Gasteiger partial charge on any atom is -0.267 e. The molecule has 3 aromatic rings. The van der Waals surface area contributed by atoms with Crippen LogP contribution in [-0.2, 0) is 0 Å². The SMILES string of the molecule is O=C(NN=Cc1c(F)cccc1Cl)c1cc(C2CC2)nc2ccccc12. The normalized spacial score (nSPS) is 14.1. The van der Waals surface area contributed by atoms with Crippen LogP contribution in [0, 0.1) is 5.82 Å². The van der Waals surface area contributed by atoms with Crippen molar-refractivity contribution in [1.29, 1.82) is 0 Å². The van der Waals surface area contributed by atoms with Crippen LogP contribution in [0.5, 0.6) is 0 Å². The van der Waals surface area contributed by atoms with Crippen molar-refractivity contribution < 1.29 is 9.18 Å². The number of para-hydroxylation sites is 1. The molecular weight excluding hydrogens is 353 g/mol. The average molecular weight is 368 g/mol. The number of carbonyl (C=O) groups excluding carboxylic acids is 1. The zero-order chi connectivity index (χ0) is 18.1. The maximum Gasteiger partial charge on any atom is 0.272 e. The topological polar surface area (TPSA) is 54.4 Å². The Labute approximate surface area is 154 Å². The third-order valence-electron chi connectivity index (χ3n) is 4.34. The number of rotatable bonds is 4. The highest BCUT2D eigenvalue weighted by Crippen LogP contribution is 2.40. The molecule has 0 unspecified atom stereocenters. The van der Waals surface area contributed by atoms with Crippen LogP contribution in [0.25, 0.3) is 10.9 Å². The zero-order valence-electron chi connectivity index (χ0n) is 13.7. The van der Waals surface area contributed by atoms with Crippen molar-refractivity contribution in [3.8, 4) is 0 Å². The maximum atomic E-state index is 13.8. The lowest BCUT2D eigenvalue weighted by Gasteiger charge is -2.08. The predicted octanol–water partition coefficient (Wildman–Crippen LogP) is 4.67. The maximum absolute atomic E-state index is 13.8. The summed E-state index contributed by atoms with van der Waals surface area (Å²) in [5, 5.41) is 4.86. The van der Waals surface area contributed by atoms with Gasteiger partial charge in [0.2, 0.25) is 0 Å². The Kier molecular flexibility index (Phi) is 4.39. The lowest BCUT2D eigenvalue weighted by atomic mass is 10.1. The van der Waals surface area contributed by atoms with Crippen molar-refractivity contribution in [2.24, 2.45) is 5.10 Å². The van der Waals surface area contributed by atoms with Crippen LogP contribution >= 0.6 is 11.6 Å². The van der Waals surface area contributed by atoms with Crippen molar-refractivity contribution in [2.45, 2.75) is 18.8 Å². The first-order chi connectivity index (χ1) is 12.6. The fourth-order valence-corrected chi connectivity index (χ4v) is 3.03. The third-order valence-corrected chi connectivity index (χ3v) is 4.67. The summed E-state index contributed by atoms with van der Waals surface area (Å²) in [5.41, 5.74) is 4.81. The Morgan fingerprint density at radius 3 is 2.81 bits per heavy atom. The Balaban J connectivity index is 1.63. The number of benzene rings is 2. The zero-order valence-corrected chi connectivity index (χ0v) is 14.5. The number of pyridine rings is 1.